The molecule has 0 bridgehead atoms. The summed E-state index contributed by atoms with van der Waals surface area (Å²) in [6.45, 7) is 16.6. The number of halogens is 1. The number of pyridine rings is 2. The Kier molecular flexibility index (Phi) is 9.68. The van der Waals surface area contributed by atoms with Crippen molar-refractivity contribution in [1.82, 2.24) is 9.97 Å². The molecule has 0 saturated carbocycles. The molecule has 1 aromatic carbocycles. The summed E-state index contributed by atoms with van der Waals surface area (Å²) in [5.41, 5.74) is 4.99. The normalized spacial score (nSPS) is 15.8. The van der Waals surface area contributed by atoms with Crippen LogP contribution >= 0.6 is 11.6 Å². The number of aliphatic carboxylic acids is 1. The third-order valence-corrected chi connectivity index (χ3v) is 7.86. The Bertz CT molecular complexity index is 1370. The van der Waals surface area contributed by atoms with E-state index in [0.717, 1.165) is 54.1 Å². The van der Waals surface area contributed by atoms with Gasteiger partial charge in [-0.15, -0.1) is 0 Å². The molecule has 0 spiro atoms. The van der Waals surface area contributed by atoms with Gasteiger partial charge in [0.1, 0.15) is 12.4 Å². The third-order valence-electron chi connectivity index (χ3n) is 7.56. The molecule has 4 rings (SSSR count). The average molecular weight is 595 g/mol. The van der Waals surface area contributed by atoms with Gasteiger partial charge in [0.05, 0.1) is 33.9 Å². The maximum absolute atomic E-state index is 12.6. The van der Waals surface area contributed by atoms with Crippen molar-refractivity contribution in [1.29, 1.82) is 0 Å². The van der Waals surface area contributed by atoms with Crippen LogP contribution in [0.1, 0.15) is 70.4 Å². The molecule has 0 radical (unpaired) electrons. The highest BCUT2D eigenvalue weighted by Gasteiger charge is 2.36. The molecule has 3 heterocycles. The highest BCUT2D eigenvalue weighted by Crippen LogP contribution is 2.43. The summed E-state index contributed by atoms with van der Waals surface area (Å²) in [6, 6.07) is 9.59. The number of nitrogens with one attached hydrogen (secondary N) is 1. The van der Waals surface area contributed by atoms with E-state index in [1.165, 1.54) is 0 Å². The minimum Gasteiger partial charge on any atom is -0.490 e. The topological polar surface area (TPSA) is 96.8 Å². The molecule has 1 atom stereocenters. The predicted molar refractivity (Wildman–Crippen MR) is 169 cm³/mol. The quantitative estimate of drug-likeness (QED) is 0.233. The minimum atomic E-state index is -1.16. The van der Waals surface area contributed by atoms with Crippen LogP contribution in [0.2, 0.25) is 5.02 Å². The van der Waals surface area contributed by atoms with Crippen LogP contribution in [-0.2, 0) is 9.53 Å². The largest absolute Gasteiger partial charge is 0.490 e. The van der Waals surface area contributed by atoms with Crippen molar-refractivity contribution in [2.24, 2.45) is 5.41 Å². The molecule has 2 aromatic heterocycles. The fraction of sp³-hybridized carbons (Fsp3) is 0.485. The number of hydrogen-bond donors (Lipinski definition) is 2. The Labute approximate surface area is 254 Å². The van der Waals surface area contributed by atoms with Gasteiger partial charge in [0.25, 0.3) is 0 Å². The maximum atomic E-state index is 12.6. The Morgan fingerprint density at radius 1 is 1.12 bits per heavy atom. The second kappa shape index (κ2) is 12.9. The van der Waals surface area contributed by atoms with Crippen molar-refractivity contribution in [2.75, 3.05) is 36.5 Å². The molecule has 2 N–H and O–H groups in total. The van der Waals surface area contributed by atoms with E-state index < -0.39 is 17.7 Å². The van der Waals surface area contributed by atoms with Crippen molar-refractivity contribution in [3.8, 4) is 17.0 Å². The summed E-state index contributed by atoms with van der Waals surface area (Å²) in [6.07, 6.45) is 4.41. The zero-order chi connectivity index (χ0) is 30.7. The summed E-state index contributed by atoms with van der Waals surface area (Å²) < 4.78 is 12.0. The van der Waals surface area contributed by atoms with Crippen LogP contribution in [0.3, 0.4) is 0 Å². The zero-order valence-corrected chi connectivity index (χ0v) is 26.5. The SMILES string of the molecule is Cc1cccc(Cl)c1OCCNc1ccc(-c2cnc(C)c([C@H](OC(C)(C)C)C(=O)O)c2N2CCC(C)(C)CC2)nc1. The molecule has 0 amide bonds. The molecule has 0 aliphatic carbocycles. The lowest BCUT2D eigenvalue weighted by Crippen LogP contribution is -2.39. The maximum Gasteiger partial charge on any atom is 0.337 e. The molecule has 8 nitrogen and oxygen atoms in total. The second-order valence-corrected chi connectivity index (χ2v) is 13.1. The molecular formula is C33H43ClN4O4. The van der Waals surface area contributed by atoms with Crippen LogP contribution in [0.15, 0.2) is 42.7 Å². The summed E-state index contributed by atoms with van der Waals surface area (Å²) >= 11 is 6.27. The number of carbonyl (C=O) groups is 1. The summed E-state index contributed by atoms with van der Waals surface area (Å²) in [7, 11) is 0. The monoisotopic (exact) mass is 594 g/mol. The second-order valence-electron chi connectivity index (χ2n) is 12.7. The molecule has 3 aromatic rings. The average Bonchev–Trinajstić information content (AvgIpc) is 2.91. The molecule has 9 heteroatoms. The highest BCUT2D eigenvalue weighted by atomic mass is 35.5. The standard InChI is InChI=1S/C33H43ClN4O4/c1-21-9-8-10-25(34)29(21)41-18-15-35-23-11-12-26(37-19-23)24-20-36-22(2)27(30(31(39)40)42-32(3,4)5)28(24)38-16-13-33(6,7)14-17-38/h8-12,19-20,30,35H,13-18H2,1-7H3,(H,39,40)/t30-/m0/s1. The molecule has 1 saturated heterocycles. The van der Waals surface area contributed by atoms with Gasteiger partial charge >= 0.3 is 5.97 Å². The van der Waals surface area contributed by atoms with Crippen LogP contribution in [0.4, 0.5) is 11.4 Å². The van der Waals surface area contributed by atoms with Crippen molar-refractivity contribution >= 4 is 28.9 Å². The molecule has 1 aliphatic heterocycles. The number of aryl methyl sites for hydroxylation is 2. The Hall–Kier alpha value is -3.36. The van der Waals surface area contributed by atoms with Gasteiger partial charge in [-0.05, 0) is 76.6 Å². The minimum absolute atomic E-state index is 0.229. The fourth-order valence-electron chi connectivity index (χ4n) is 5.18. The van der Waals surface area contributed by atoms with Crippen LogP contribution in [0.5, 0.6) is 5.75 Å². The lowest BCUT2D eigenvalue weighted by atomic mass is 9.82. The van der Waals surface area contributed by atoms with Gasteiger partial charge in [0, 0.05) is 42.7 Å². The number of carboxylic acids is 1. The van der Waals surface area contributed by atoms with E-state index in [9.17, 15) is 9.90 Å². The molecule has 226 valence electrons. The van der Waals surface area contributed by atoms with E-state index >= 15 is 0 Å². The first-order valence-electron chi connectivity index (χ1n) is 14.5. The van der Waals surface area contributed by atoms with Gasteiger partial charge in [-0.1, -0.05) is 37.6 Å². The molecule has 42 heavy (non-hydrogen) atoms. The highest BCUT2D eigenvalue weighted by molar-refractivity contribution is 6.32. The summed E-state index contributed by atoms with van der Waals surface area (Å²) in [5.74, 6) is -0.340. The lowest BCUT2D eigenvalue weighted by molar-refractivity contribution is -0.160. The van der Waals surface area contributed by atoms with Gasteiger partial charge < -0.3 is 24.8 Å². The number of ether oxygens (including phenoxy) is 2. The van der Waals surface area contributed by atoms with E-state index in [-0.39, 0.29) is 5.41 Å². The Morgan fingerprint density at radius 3 is 2.43 bits per heavy atom. The Morgan fingerprint density at radius 2 is 1.83 bits per heavy atom. The number of aromatic nitrogens is 2. The number of anilines is 2. The molecule has 0 unspecified atom stereocenters. The smallest absolute Gasteiger partial charge is 0.337 e. The van der Waals surface area contributed by atoms with Crippen LogP contribution in [-0.4, -0.2) is 52.9 Å². The van der Waals surface area contributed by atoms with Crippen molar-refractivity contribution in [3.63, 3.8) is 0 Å². The Balaban J connectivity index is 1.62. The molecular weight excluding hydrogens is 552 g/mol. The predicted octanol–water partition coefficient (Wildman–Crippen LogP) is 7.47. The van der Waals surface area contributed by atoms with E-state index in [1.54, 1.807) is 12.4 Å². The lowest BCUT2D eigenvalue weighted by Gasteiger charge is -2.40. The van der Waals surface area contributed by atoms with Crippen LogP contribution in [0, 0.1) is 19.3 Å². The van der Waals surface area contributed by atoms with Crippen molar-refractivity contribution in [2.45, 2.75) is 73.0 Å². The van der Waals surface area contributed by atoms with Gasteiger partial charge in [-0.25, -0.2) is 4.79 Å². The van der Waals surface area contributed by atoms with E-state index in [1.807, 2.05) is 65.0 Å². The van der Waals surface area contributed by atoms with Gasteiger partial charge in [0.2, 0.25) is 0 Å². The number of rotatable bonds is 10. The van der Waals surface area contributed by atoms with Gasteiger partial charge in [-0.2, -0.15) is 0 Å². The van der Waals surface area contributed by atoms with E-state index in [4.69, 9.17) is 26.1 Å². The fourth-order valence-corrected chi connectivity index (χ4v) is 5.45. The van der Waals surface area contributed by atoms with E-state index in [2.05, 4.69) is 29.0 Å². The van der Waals surface area contributed by atoms with Crippen LogP contribution in [0.25, 0.3) is 11.3 Å². The van der Waals surface area contributed by atoms with Crippen molar-refractivity contribution in [3.05, 3.63) is 64.6 Å². The number of benzene rings is 1. The third kappa shape index (κ3) is 7.72. The number of para-hydroxylation sites is 1. The summed E-state index contributed by atoms with van der Waals surface area (Å²) in [5, 5.41) is 14.3. The first kappa shape index (κ1) is 31.6. The zero-order valence-electron chi connectivity index (χ0n) is 25.8. The molecule has 1 fully saturated rings. The number of piperidine rings is 1. The van der Waals surface area contributed by atoms with Crippen LogP contribution < -0.4 is 15.0 Å². The first-order chi connectivity index (χ1) is 19.8. The number of hydrogen-bond acceptors (Lipinski definition) is 7. The van der Waals surface area contributed by atoms with Gasteiger partial charge in [0.15, 0.2) is 6.10 Å². The van der Waals surface area contributed by atoms with E-state index in [0.29, 0.717) is 35.2 Å². The van der Waals surface area contributed by atoms with Gasteiger partial charge in [-0.3, -0.25) is 9.97 Å². The number of nitrogens with zero attached hydrogens (tertiary/aromatic N) is 3. The van der Waals surface area contributed by atoms with Crippen molar-refractivity contribution < 1.29 is 19.4 Å². The molecule has 1 aliphatic rings. The first-order valence-corrected chi connectivity index (χ1v) is 14.9. The number of carboxylic acid groups (broad SMARTS) is 1. The summed E-state index contributed by atoms with van der Waals surface area (Å²) in [4.78, 5) is 24.3.